The summed E-state index contributed by atoms with van der Waals surface area (Å²) in [6.45, 7) is 1.45. The van der Waals surface area contributed by atoms with Gasteiger partial charge in [0.15, 0.2) is 10.2 Å². The third-order valence-corrected chi connectivity index (χ3v) is 2.15. The van der Waals surface area contributed by atoms with Gasteiger partial charge in [0.1, 0.15) is 0 Å². The first-order valence-corrected chi connectivity index (χ1v) is 4.28. The zero-order valence-electron chi connectivity index (χ0n) is 7.28. The van der Waals surface area contributed by atoms with Crippen LogP contribution in [0.4, 0.5) is 0 Å². The van der Waals surface area contributed by atoms with Crippen LogP contribution in [0.25, 0.3) is 0 Å². The Morgan fingerprint density at radius 2 is 1.25 bits per heavy atom. The molecule has 0 aliphatic heterocycles. The molecule has 6 heteroatoms. The predicted molar refractivity (Wildman–Crippen MR) is 58.8 cm³/mol. The molecule has 0 aromatic carbocycles. The Labute approximate surface area is 83.5 Å². The minimum Gasteiger partial charge on any atom is -0.376 e. The fourth-order valence-corrected chi connectivity index (χ4v) is 0.703. The topological polar surface area (TPSA) is 58.5 Å². The highest BCUT2D eigenvalue weighted by Gasteiger charge is 2.02. The number of thiocarbonyl (C=S) groups is 2. The molecule has 0 spiro atoms. The molecule has 0 saturated carbocycles. The van der Waals surface area contributed by atoms with Gasteiger partial charge in [0.05, 0.1) is 0 Å². The van der Waals surface area contributed by atoms with E-state index in [1.165, 1.54) is 0 Å². The van der Waals surface area contributed by atoms with Gasteiger partial charge in [0.2, 0.25) is 0 Å². The molecule has 0 bridgehead atoms. The lowest BCUT2D eigenvalue weighted by Gasteiger charge is -2.22. The lowest BCUT2D eigenvalue weighted by molar-refractivity contribution is 0.415. The molecule has 0 aromatic heterocycles. The summed E-state index contributed by atoms with van der Waals surface area (Å²) >= 11 is 9.51. The molecule has 4 N–H and O–H groups in total. The number of likely N-dealkylation sites (N-methyl/N-ethyl adjacent to an activating group) is 2. The maximum atomic E-state index is 5.37. The van der Waals surface area contributed by atoms with Crippen molar-refractivity contribution >= 4 is 34.7 Å². The van der Waals surface area contributed by atoms with Crippen LogP contribution in [0.2, 0.25) is 0 Å². The Morgan fingerprint density at radius 1 is 1.00 bits per heavy atom. The summed E-state index contributed by atoms with van der Waals surface area (Å²) in [6.07, 6.45) is 0. The van der Waals surface area contributed by atoms with Gasteiger partial charge in [-0.15, -0.1) is 0 Å². The molecule has 70 valence electrons. The zero-order chi connectivity index (χ0) is 9.72. The molecule has 0 heterocycles. The highest BCUT2D eigenvalue weighted by Crippen LogP contribution is 1.86. The first-order valence-electron chi connectivity index (χ1n) is 3.46. The summed E-state index contributed by atoms with van der Waals surface area (Å²) < 4.78 is 0. The number of hydrogen-bond donors (Lipinski definition) is 2. The van der Waals surface area contributed by atoms with Gasteiger partial charge in [0.25, 0.3) is 0 Å². The third kappa shape index (κ3) is 4.30. The Hall–Kier alpha value is -0.620. The minimum atomic E-state index is 0.381. The lowest BCUT2D eigenvalue weighted by Crippen LogP contribution is -2.41. The van der Waals surface area contributed by atoms with E-state index >= 15 is 0 Å². The van der Waals surface area contributed by atoms with E-state index in [1.54, 1.807) is 9.80 Å². The number of hydrogen-bond acceptors (Lipinski definition) is 2. The van der Waals surface area contributed by atoms with Crippen molar-refractivity contribution in [2.75, 3.05) is 27.2 Å². The smallest absolute Gasteiger partial charge is 0.166 e. The molecule has 0 saturated heterocycles. The molecule has 0 radical (unpaired) electrons. The van der Waals surface area contributed by atoms with Crippen molar-refractivity contribution in [3.05, 3.63) is 0 Å². The van der Waals surface area contributed by atoms with Gasteiger partial charge in [-0.2, -0.15) is 0 Å². The monoisotopic (exact) mass is 206 g/mol. The second kappa shape index (κ2) is 5.10. The third-order valence-electron chi connectivity index (χ3n) is 1.52. The Kier molecular flexibility index (Phi) is 4.84. The summed E-state index contributed by atoms with van der Waals surface area (Å²) in [5, 5.41) is 0.762. The fraction of sp³-hybridized carbons (Fsp3) is 0.667. The van der Waals surface area contributed by atoms with Crippen molar-refractivity contribution in [2.45, 2.75) is 0 Å². The first kappa shape index (κ1) is 11.4. The standard InChI is InChI=1S/C6H14N4S2/c1-9(5(7)11)3-4-10(2)6(8)12/h3-4H2,1-2H3,(H2,7,11)(H2,8,12). The van der Waals surface area contributed by atoms with Crippen molar-refractivity contribution in [1.29, 1.82) is 0 Å². The maximum Gasteiger partial charge on any atom is 0.166 e. The Morgan fingerprint density at radius 3 is 1.42 bits per heavy atom. The van der Waals surface area contributed by atoms with Crippen LogP contribution in [0.1, 0.15) is 0 Å². The normalized spacial score (nSPS) is 9.17. The van der Waals surface area contributed by atoms with Crippen molar-refractivity contribution in [2.24, 2.45) is 11.5 Å². The molecule has 0 aromatic rings. The van der Waals surface area contributed by atoms with Crippen LogP contribution in [0.3, 0.4) is 0 Å². The zero-order valence-corrected chi connectivity index (χ0v) is 8.91. The van der Waals surface area contributed by atoms with E-state index in [2.05, 4.69) is 0 Å². The SMILES string of the molecule is CN(CCN(C)C(N)=S)C(N)=S. The largest absolute Gasteiger partial charge is 0.376 e. The highest BCUT2D eigenvalue weighted by molar-refractivity contribution is 7.80. The van der Waals surface area contributed by atoms with E-state index in [4.69, 9.17) is 35.9 Å². The summed E-state index contributed by atoms with van der Waals surface area (Å²) in [5.41, 5.74) is 10.7. The number of rotatable bonds is 3. The molecule has 0 amide bonds. The lowest BCUT2D eigenvalue weighted by atomic mass is 10.5. The predicted octanol–water partition coefficient (Wildman–Crippen LogP) is -0.663. The summed E-state index contributed by atoms with van der Waals surface area (Å²) in [7, 11) is 3.66. The van der Waals surface area contributed by atoms with E-state index in [1.807, 2.05) is 14.1 Å². The molecule has 0 rings (SSSR count). The molecular weight excluding hydrogens is 192 g/mol. The van der Waals surface area contributed by atoms with Crippen LogP contribution >= 0.6 is 24.4 Å². The minimum absolute atomic E-state index is 0.381. The van der Waals surface area contributed by atoms with Gasteiger partial charge in [-0.05, 0) is 24.4 Å². The van der Waals surface area contributed by atoms with Gasteiger partial charge in [-0.25, -0.2) is 0 Å². The molecule has 0 aliphatic rings. The number of nitrogens with zero attached hydrogens (tertiary/aromatic N) is 2. The number of nitrogens with two attached hydrogens (primary N) is 2. The second-order valence-corrected chi connectivity index (χ2v) is 3.36. The van der Waals surface area contributed by atoms with E-state index in [-0.39, 0.29) is 0 Å². The maximum absolute atomic E-state index is 5.37. The summed E-state index contributed by atoms with van der Waals surface area (Å²) in [4.78, 5) is 3.54. The first-order chi connectivity index (χ1) is 5.45. The van der Waals surface area contributed by atoms with Crippen molar-refractivity contribution in [3.63, 3.8) is 0 Å². The summed E-state index contributed by atoms with van der Waals surface area (Å²) in [6, 6.07) is 0. The molecule has 12 heavy (non-hydrogen) atoms. The van der Waals surface area contributed by atoms with Gasteiger partial charge >= 0.3 is 0 Å². The molecule has 0 aliphatic carbocycles. The Bertz CT molecular complexity index is 162. The Balaban J connectivity index is 3.68. The van der Waals surface area contributed by atoms with Crippen molar-refractivity contribution in [3.8, 4) is 0 Å². The molecule has 0 fully saturated rings. The van der Waals surface area contributed by atoms with Gasteiger partial charge < -0.3 is 21.3 Å². The summed E-state index contributed by atoms with van der Waals surface area (Å²) in [5.74, 6) is 0. The average Bonchev–Trinajstić information content (AvgIpc) is 1.98. The van der Waals surface area contributed by atoms with Crippen LogP contribution in [0.5, 0.6) is 0 Å². The van der Waals surface area contributed by atoms with E-state index in [0.717, 1.165) is 13.1 Å². The van der Waals surface area contributed by atoms with E-state index in [9.17, 15) is 0 Å². The van der Waals surface area contributed by atoms with Crippen molar-refractivity contribution in [1.82, 2.24) is 9.80 Å². The quantitative estimate of drug-likeness (QED) is 0.598. The molecular formula is C6H14N4S2. The molecule has 0 atom stereocenters. The van der Waals surface area contributed by atoms with Crippen LogP contribution < -0.4 is 11.5 Å². The van der Waals surface area contributed by atoms with E-state index < -0.39 is 0 Å². The van der Waals surface area contributed by atoms with Crippen LogP contribution in [-0.2, 0) is 0 Å². The van der Waals surface area contributed by atoms with Crippen molar-refractivity contribution < 1.29 is 0 Å². The highest BCUT2D eigenvalue weighted by atomic mass is 32.1. The van der Waals surface area contributed by atoms with Crippen LogP contribution in [0, 0.1) is 0 Å². The van der Waals surface area contributed by atoms with Crippen LogP contribution in [0.15, 0.2) is 0 Å². The van der Waals surface area contributed by atoms with Gasteiger partial charge in [0, 0.05) is 27.2 Å². The molecule has 4 nitrogen and oxygen atoms in total. The van der Waals surface area contributed by atoms with Gasteiger partial charge in [-0.1, -0.05) is 0 Å². The fourth-order valence-electron chi connectivity index (χ4n) is 0.520. The second-order valence-electron chi connectivity index (χ2n) is 2.52. The van der Waals surface area contributed by atoms with E-state index in [0.29, 0.717) is 10.2 Å². The molecule has 0 unspecified atom stereocenters. The average molecular weight is 206 g/mol. The van der Waals surface area contributed by atoms with Crippen LogP contribution in [-0.4, -0.2) is 47.2 Å². The van der Waals surface area contributed by atoms with Gasteiger partial charge in [-0.3, -0.25) is 0 Å².